The summed E-state index contributed by atoms with van der Waals surface area (Å²) in [5.74, 6) is 0.126. The second-order valence-electron chi connectivity index (χ2n) is 10.5. The van der Waals surface area contributed by atoms with Crippen LogP contribution >= 0.6 is 0 Å². The van der Waals surface area contributed by atoms with Gasteiger partial charge in [-0.15, -0.1) is 0 Å². The van der Waals surface area contributed by atoms with Crippen LogP contribution in [0.4, 0.5) is 5.69 Å². The van der Waals surface area contributed by atoms with Gasteiger partial charge in [-0.1, -0.05) is 61.4 Å². The molecular formula is C29H31NO2. The van der Waals surface area contributed by atoms with E-state index in [0.717, 1.165) is 53.1 Å². The summed E-state index contributed by atoms with van der Waals surface area (Å²) in [7, 11) is 0. The molecule has 1 unspecified atom stereocenters. The Morgan fingerprint density at radius 3 is 2.00 bits per heavy atom. The molecule has 0 bridgehead atoms. The zero-order valence-electron chi connectivity index (χ0n) is 19.5. The van der Waals surface area contributed by atoms with E-state index in [4.69, 9.17) is 0 Å². The Hall–Kier alpha value is -2.94. The van der Waals surface area contributed by atoms with E-state index in [0.29, 0.717) is 12.8 Å². The fraction of sp³-hybridized carbons (Fsp3) is 0.379. The lowest BCUT2D eigenvalue weighted by molar-refractivity contribution is -0.118. The number of benzene rings is 2. The number of ketones is 2. The van der Waals surface area contributed by atoms with Crippen LogP contribution < -0.4 is 4.90 Å². The maximum atomic E-state index is 13.7. The Labute approximate surface area is 190 Å². The molecule has 0 aromatic heterocycles. The second-order valence-corrected chi connectivity index (χ2v) is 10.5. The summed E-state index contributed by atoms with van der Waals surface area (Å²) in [4.78, 5) is 29.4. The van der Waals surface area contributed by atoms with Gasteiger partial charge in [-0.05, 0) is 56.2 Å². The summed E-state index contributed by atoms with van der Waals surface area (Å²) in [6, 6.07) is 16.9. The number of hydrogen-bond acceptors (Lipinski definition) is 3. The lowest BCUT2D eigenvalue weighted by Gasteiger charge is -2.47. The van der Waals surface area contributed by atoms with E-state index in [1.807, 2.05) is 0 Å². The molecule has 1 atom stereocenters. The Bertz CT molecular complexity index is 1160. The standard InChI is InChI=1S/C29H31NO2/c1-18-8-12-20(13-9-18)26-27-22(6-5-7-24(27)31)30(21-14-10-19(2)11-15-21)23-16-29(3,4)17-25(32)28(23)26/h8-15,26H,5-7,16-17H2,1-4H3. The molecule has 0 amide bonds. The van der Waals surface area contributed by atoms with Gasteiger partial charge < -0.3 is 4.90 Å². The van der Waals surface area contributed by atoms with E-state index < -0.39 is 0 Å². The van der Waals surface area contributed by atoms with Crippen LogP contribution in [0.1, 0.15) is 68.6 Å². The summed E-state index contributed by atoms with van der Waals surface area (Å²) in [5.41, 5.74) is 8.25. The number of allylic oxidation sites excluding steroid dienone is 4. The van der Waals surface area contributed by atoms with Gasteiger partial charge >= 0.3 is 0 Å². The van der Waals surface area contributed by atoms with Crippen molar-refractivity contribution in [3.05, 3.63) is 87.8 Å². The van der Waals surface area contributed by atoms with Crippen LogP contribution in [0.25, 0.3) is 0 Å². The number of hydrogen-bond donors (Lipinski definition) is 0. The van der Waals surface area contributed by atoms with E-state index in [9.17, 15) is 9.59 Å². The normalized spacial score (nSPS) is 22.8. The average Bonchev–Trinajstić information content (AvgIpc) is 2.73. The van der Waals surface area contributed by atoms with Crippen molar-refractivity contribution in [3.8, 4) is 0 Å². The third kappa shape index (κ3) is 3.44. The van der Waals surface area contributed by atoms with Gasteiger partial charge in [-0.25, -0.2) is 0 Å². The highest BCUT2D eigenvalue weighted by Crippen LogP contribution is 2.53. The minimum atomic E-state index is -0.251. The average molecular weight is 426 g/mol. The highest BCUT2D eigenvalue weighted by atomic mass is 16.1. The second kappa shape index (κ2) is 7.58. The number of rotatable bonds is 2. The summed E-state index contributed by atoms with van der Waals surface area (Å²) >= 11 is 0. The van der Waals surface area contributed by atoms with Crippen LogP contribution in [-0.4, -0.2) is 11.6 Å². The fourth-order valence-corrected chi connectivity index (χ4v) is 5.64. The summed E-state index contributed by atoms with van der Waals surface area (Å²) < 4.78 is 0. The maximum absolute atomic E-state index is 13.7. The molecule has 2 aromatic carbocycles. The van der Waals surface area contributed by atoms with E-state index in [2.05, 4.69) is 81.1 Å². The largest absolute Gasteiger partial charge is 0.317 e. The Morgan fingerprint density at radius 2 is 1.34 bits per heavy atom. The number of carbonyl (C=O) groups is 2. The van der Waals surface area contributed by atoms with Crippen LogP contribution in [-0.2, 0) is 9.59 Å². The first-order valence-corrected chi connectivity index (χ1v) is 11.7. The van der Waals surface area contributed by atoms with E-state index in [-0.39, 0.29) is 22.9 Å². The third-order valence-corrected chi connectivity index (χ3v) is 7.15. The maximum Gasteiger partial charge on any atom is 0.162 e. The number of carbonyl (C=O) groups excluding carboxylic acids is 2. The molecule has 32 heavy (non-hydrogen) atoms. The lowest BCUT2D eigenvalue weighted by Crippen LogP contribution is -2.42. The van der Waals surface area contributed by atoms with Crippen molar-refractivity contribution in [2.45, 2.75) is 65.7 Å². The summed E-state index contributed by atoms with van der Waals surface area (Å²) in [5, 5.41) is 0. The SMILES string of the molecule is Cc1ccc(C2C3=C(CCCC3=O)N(c3ccc(C)cc3)C3=C2C(=O)CC(C)(C)C3)cc1. The predicted octanol–water partition coefficient (Wildman–Crippen LogP) is 6.56. The fourth-order valence-electron chi connectivity index (χ4n) is 5.64. The Kier molecular flexibility index (Phi) is 4.96. The Morgan fingerprint density at radius 1 is 0.750 bits per heavy atom. The summed E-state index contributed by atoms with van der Waals surface area (Å²) in [6.45, 7) is 8.51. The van der Waals surface area contributed by atoms with Crippen molar-refractivity contribution in [1.29, 1.82) is 0 Å². The molecule has 0 fully saturated rings. The van der Waals surface area contributed by atoms with E-state index in [1.165, 1.54) is 11.1 Å². The van der Waals surface area contributed by atoms with E-state index >= 15 is 0 Å². The van der Waals surface area contributed by atoms with Gasteiger partial charge in [-0.3, -0.25) is 9.59 Å². The van der Waals surface area contributed by atoms with Gasteiger partial charge in [0, 0.05) is 47.0 Å². The number of Topliss-reactive ketones (excluding diaryl/α,β-unsaturated/α-hetero) is 2. The molecule has 0 spiro atoms. The molecule has 3 heteroatoms. The van der Waals surface area contributed by atoms with Crippen molar-refractivity contribution < 1.29 is 9.59 Å². The van der Waals surface area contributed by atoms with Crippen molar-refractivity contribution in [1.82, 2.24) is 0 Å². The Balaban J connectivity index is 1.80. The smallest absolute Gasteiger partial charge is 0.162 e. The molecule has 0 radical (unpaired) electrons. The van der Waals surface area contributed by atoms with Gasteiger partial charge in [0.25, 0.3) is 0 Å². The van der Waals surface area contributed by atoms with Gasteiger partial charge in [0.05, 0.1) is 0 Å². The van der Waals surface area contributed by atoms with Crippen LogP contribution in [0, 0.1) is 19.3 Å². The van der Waals surface area contributed by atoms with Gasteiger partial charge in [0.1, 0.15) is 0 Å². The molecule has 2 aliphatic carbocycles. The topological polar surface area (TPSA) is 37.4 Å². The highest BCUT2D eigenvalue weighted by molar-refractivity contribution is 6.08. The lowest BCUT2D eigenvalue weighted by atomic mass is 9.66. The van der Waals surface area contributed by atoms with Crippen LogP contribution in [0.15, 0.2) is 71.1 Å². The molecule has 2 aromatic rings. The molecule has 3 nitrogen and oxygen atoms in total. The van der Waals surface area contributed by atoms with Crippen LogP contribution in [0.2, 0.25) is 0 Å². The molecule has 1 heterocycles. The first-order valence-electron chi connectivity index (χ1n) is 11.7. The van der Waals surface area contributed by atoms with Crippen molar-refractivity contribution in [2.24, 2.45) is 5.41 Å². The van der Waals surface area contributed by atoms with Crippen molar-refractivity contribution in [3.63, 3.8) is 0 Å². The minimum Gasteiger partial charge on any atom is -0.317 e. The van der Waals surface area contributed by atoms with Gasteiger partial charge in [0.2, 0.25) is 0 Å². The number of aryl methyl sites for hydroxylation is 2. The van der Waals surface area contributed by atoms with Crippen LogP contribution in [0.5, 0.6) is 0 Å². The van der Waals surface area contributed by atoms with Gasteiger partial charge in [-0.2, -0.15) is 0 Å². The van der Waals surface area contributed by atoms with Crippen LogP contribution in [0.3, 0.4) is 0 Å². The monoisotopic (exact) mass is 425 g/mol. The molecular weight excluding hydrogens is 394 g/mol. The minimum absolute atomic E-state index is 0.104. The molecule has 3 aliphatic rings. The predicted molar refractivity (Wildman–Crippen MR) is 129 cm³/mol. The molecule has 1 aliphatic heterocycles. The van der Waals surface area contributed by atoms with Gasteiger partial charge in [0.15, 0.2) is 11.6 Å². The molecule has 164 valence electrons. The molecule has 0 saturated heterocycles. The highest BCUT2D eigenvalue weighted by Gasteiger charge is 2.46. The van der Waals surface area contributed by atoms with Crippen molar-refractivity contribution >= 4 is 17.3 Å². The quantitative estimate of drug-likeness (QED) is 0.547. The van der Waals surface area contributed by atoms with E-state index in [1.54, 1.807) is 0 Å². The number of anilines is 1. The molecule has 0 saturated carbocycles. The first-order chi connectivity index (χ1) is 15.2. The number of nitrogens with zero attached hydrogens (tertiary/aromatic N) is 1. The summed E-state index contributed by atoms with van der Waals surface area (Å²) in [6.07, 6.45) is 3.64. The molecule has 5 rings (SSSR count). The zero-order valence-corrected chi connectivity index (χ0v) is 19.5. The zero-order chi connectivity index (χ0) is 22.6. The third-order valence-electron chi connectivity index (χ3n) is 7.15. The molecule has 0 N–H and O–H groups in total. The van der Waals surface area contributed by atoms with Crippen molar-refractivity contribution in [2.75, 3.05) is 4.90 Å². The first kappa shape index (κ1) is 20.9.